The van der Waals surface area contributed by atoms with Gasteiger partial charge in [-0.15, -0.1) is 0 Å². The van der Waals surface area contributed by atoms with Crippen LogP contribution in [0.3, 0.4) is 0 Å². The fourth-order valence-corrected chi connectivity index (χ4v) is 3.42. The molecule has 0 heterocycles. The molecule has 0 radical (unpaired) electrons. The summed E-state index contributed by atoms with van der Waals surface area (Å²) < 4.78 is 5.64. The molecule has 0 fully saturated rings. The molecule has 0 aliphatic rings. The standard InChI is InChI=1S/C26H37N3O6.2C4H10/c1-18(2)15-28-24(32)11-10-21(31)12-13-27-25(33)14-20(16-30)29-26(34)17-35-23-9-5-7-19-6-3-4-8-22(19)23;1-4(2)3;1-3-4-2/h3-9,18,20-21,30-31H,10-17H2,1-2H3,(H,27,33)(H,28,32)(H,29,34);4H,1-3H3;3-4H2,1-2H3/t20-,21-;;/m0../s1. The van der Waals surface area contributed by atoms with Crippen molar-refractivity contribution in [2.24, 2.45) is 11.8 Å². The Morgan fingerprint density at radius 3 is 2.07 bits per heavy atom. The summed E-state index contributed by atoms with van der Waals surface area (Å²) >= 11 is 0. The van der Waals surface area contributed by atoms with Crippen molar-refractivity contribution in [2.45, 2.75) is 99.1 Å². The molecule has 2 atom stereocenters. The number of benzene rings is 2. The van der Waals surface area contributed by atoms with E-state index in [-0.39, 0.29) is 37.8 Å². The van der Waals surface area contributed by atoms with Crippen LogP contribution >= 0.6 is 0 Å². The van der Waals surface area contributed by atoms with Crippen LogP contribution in [0, 0.1) is 11.8 Å². The smallest absolute Gasteiger partial charge is 0.258 e. The van der Waals surface area contributed by atoms with Gasteiger partial charge in [0.15, 0.2) is 6.61 Å². The maximum atomic E-state index is 12.3. The van der Waals surface area contributed by atoms with E-state index in [0.29, 0.717) is 31.1 Å². The first kappa shape index (κ1) is 39.8. The summed E-state index contributed by atoms with van der Waals surface area (Å²) in [6, 6.07) is 12.5. The van der Waals surface area contributed by atoms with Gasteiger partial charge in [-0.1, -0.05) is 97.7 Å². The minimum absolute atomic E-state index is 0.104. The highest BCUT2D eigenvalue weighted by Crippen LogP contribution is 2.24. The molecule has 0 aliphatic carbocycles. The number of rotatable bonds is 16. The normalized spacial score (nSPS) is 11.9. The van der Waals surface area contributed by atoms with Gasteiger partial charge in [-0.05, 0) is 36.1 Å². The summed E-state index contributed by atoms with van der Waals surface area (Å²) in [5.41, 5.74) is 0. The molecule has 0 aromatic heterocycles. The van der Waals surface area contributed by atoms with Crippen LogP contribution < -0.4 is 20.7 Å². The van der Waals surface area contributed by atoms with Gasteiger partial charge in [0.25, 0.3) is 5.91 Å². The zero-order valence-electron chi connectivity index (χ0n) is 27.4. The quantitative estimate of drug-likeness (QED) is 0.184. The fraction of sp³-hybridized carbons (Fsp3) is 0.618. The predicted molar refractivity (Wildman–Crippen MR) is 175 cm³/mol. The minimum Gasteiger partial charge on any atom is -0.483 e. The number of aliphatic hydroxyl groups is 2. The number of nitrogens with one attached hydrogen (secondary N) is 3. The molecule has 9 heteroatoms. The highest BCUT2D eigenvalue weighted by atomic mass is 16.5. The molecule has 0 aliphatic heterocycles. The zero-order valence-corrected chi connectivity index (χ0v) is 27.4. The molecule has 0 unspecified atom stereocenters. The third kappa shape index (κ3) is 21.2. The molecule has 244 valence electrons. The Morgan fingerprint density at radius 2 is 1.47 bits per heavy atom. The second-order valence-corrected chi connectivity index (χ2v) is 11.7. The predicted octanol–water partition coefficient (Wildman–Crippen LogP) is 4.97. The Labute approximate surface area is 259 Å². The Morgan fingerprint density at radius 1 is 0.837 bits per heavy atom. The van der Waals surface area contributed by atoms with Crippen LogP contribution in [0.5, 0.6) is 5.75 Å². The van der Waals surface area contributed by atoms with Crippen molar-refractivity contribution in [2.75, 3.05) is 26.3 Å². The first-order chi connectivity index (χ1) is 20.4. The topological polar surface area (TPSA) is 137 Å². The lowest BCUT2D eigenvalue weighted by atomic mass is 10.1. The number of hydrogen-bond donors (Lipinski definition) is 5. The Bertz CT molecular complexity index is 1030. The molecule has 2 rings (SSSR count). The van der Waals surface area contributed by atoms with E-state index in [1.807, 2.05) is 50.2 Å². The van der Waals surface area contributed by atoms with E-state index in [9.17, 15) is 24.6 Å². The SMILES string of the molecule is CC(C)C.CC(C)CNC(=O)CC[C@H](O)CCNC(=O)C[C@@H](CO)NC(=O)COc1cccc2ccccc12.CCCC. The van der Waals surface area contributed by atoms with Crippen LogP contribution in [0.4, 0.5) is 0 Å². The van der Waals surface area contributed by atoms with Crippen LogP contribution in [-0.4, -0.2) is 66.4 Å². The van der Waals surface area contributed by atoms with Crippen molar-refractivity contribution < 1.29 is 29.3 Å². The minimum atomic E-state index is -0.756. The molecule has 9 nitrogen and oxygen atoms in total. The van der Waals surface area contributed by atoms with E-state index in [1.165, 1.54) is 12.8 Å². The molecule has 0 saturated carbocycles. The lowest BCUT2D eigenvalue weighted by Crippen LogP contribution is -2.43. The number of carbonyl (C=O) groups is 3. The van der Waals surface area contributed by atoms with Gasteiger partial charge >= 0.3 is 0 Å². The second kappa shape index (κ2) is 24.3. The molecule has 0 saturated heterocycles. The summed E-state index contributed by atoms with van der Waals surface area (Å²) in [5.74, 6) is 0.862. The van der Waals surface area contributed by atoms with Gasteiger partial charge in [0.2, 0.25) is 11.8 Å². The van der Waals surface area contributed by atoms with Gasteiger partial charge in [-0.2, -0.15) is 0 Å². The molecule has 2 aromatic rings. The molecular formula is C34H57N3O6. The highest BCUT2D eigenvalue weighted by molar-refractivity contribution is 5.88. The van der Waals surface area contributed by atoms with Crippen molar-refractivity contribution in [3.05, 3.63) is 42.5 Å². The largest absolute Gasteiger partial charge is 0.483 e. The maximum Gasteiger partial charge on any atom is 0.258 e. The second-order valence-electron chi connectivity index (χ2n) is 11.7. The molecule has 2 aromatic carbocycles. The summed E-state index contributed by atoms with van der Waals surface area (Å²) in [6.45, 7) is 15.0. The van der Waals surface area contributed by atoms with E-state index in [2.05, 4.69) is 50.6 Å². The lowest BCUT2D eigenvalue weighted by molar-refractivity contribution is -0.125. The van der Waals surface area contributed by atoms with Crippen molar-refractivity contribution in [1.82, 2.24) is 16.0 Å². The van der Waals surface area contributed by atoms with Crippen LogP contribution in [0.25, 0.3) is 10.8 Å². The van der Waals surface area contributed by atoms with Crippen molar-refractivity contribution in [1.29, 1.82) is 0 Å². The van der Waals surface area contributed by atoms with Gasteiger partial charge in [-0.25, -0.2) is 0 Å². The first-order valence-electron chi connectivity index (χ1n) is 15.6. The van der Waals surface area contributed by atoms with E-state index < -0.39 is 24.7 Å². The third-order valence-electron chi connectivity index (χ3n) is 5.84. The van der Waals surface area contributed by atoms with E-state index in [4.69, 9.17) is 4.74 Å². The van der Waals surface area contributed by atoms with E-state index >= 15 is 0 Å². The Kier molecular flexibility index (Phi) is 22.5. The number of amides is 3. The summed E-state index contributed by atoms with van der Waals surface area (Å²) in [5, 5.41) is 29.5. The van der Waals surface area contributed by atoms with Gasteiger partial charge in [0.1, 0.15) is 5.75 Å². The molecular weight excluding hydrogens is 546 g/mol. The van der Waals surface area contributed by atoms with Crippen LogP contribution in [-0.2, 0) is 14.4 Å². The average molecular weight is 604 g/mol. The number of carbonyl (C=O) groups excluding carboxylic acids is 3. The molecule has 0 bridgehead atoms. The monoisotopic (exact) mass is 603 g/mol. The van der Waals surface area contributed by atoms with E-state index in [0.717, 1.165) is 16.7 Å². The van der Waals surface area contributed by atoms with E-state index in [1.54, 1.807) is 6.07 Å². The molecule has 3 amide bonds. The molecule has 0 spiro atoms. The summed E-state index contributed by atoms with van der Waals surface area (Å²) in [6.07, 6.45) is 2.66. The number of fused-ring (bicyclic) bond motifs is 1. The van der Waals surface area contributed by atoms with Crippen molar-refractivity contribution >= 4 is 28.5 Å². The fourth-order valence-electron chi connectivity index (χ4n) is 3.42. The Balaban J connectivity index is 0.00000195. The number of unbranched alkanes of at least 4 members (excludes halogenated alkanes) is 1. The van der Waals surface area contributed by atoms with Gasteiger partial charge in [0, 0.05) is 31.3 Å². The molecule has 5 N–H and O–H groups in total. The van der Waals surface area contributed by atoms with Crippen LogP contribution in [0.2, 0.25) is 0 Å². The first-order valence-corrected chi connectivity index (χ1v) is 15.6. The number of ether oxygens (including phenoxy) is 1. The van der Waals surface area contributed by atoms with Crippen molar-refractivity contribution in [3.8, 4) is 5.75 Å². The van der Waals surface area contributed by atoms with Gasteiger partial charge < -0.3 is 30.9 Å². The van der Waals surface area contributed by atoms with Crippen LogP contribution in [0.1, 0.15) is 87.0 Å². The third-order valence-corrected chi connectivity index (χ3v) is 5.84. The maximum absolute atomic E-state index is 12.3. The average Bonchev–Trinajstić information content (AvgIpc) is 2.97. The zero-order chi connectivity index (χ0) is 32.6. The van der Waals surface area contributed by atoms with Gasteiger partial charge in [-0.3, -0.25) is 14.4 Å². The highest BCUT2D eigenvalue weighted by Gasteiger charge is 2.17. The summed E-state index contributed by atoms with van der Waals surface area (Å²) in [4.78, 5) is 36.1. The van der Waals surface area contributed by atoms with Crippen LogP contribution in [0.15, 0.2) is 42.5 Å². The Hall–Kier alpha value is -3.17. The van der Waals surface area contributed by atoms with Crippen molar-refractivity contribution in [3.63, 3.8) is 0 Å². The number of hydrogen-bond acceptors (Lipinski definition) is 6. The molecule has 43 heavy (non-hydrogen) atoms. The lowest BCUT2D eigenvalue weighted by Gasteiger charge is -2.17. The number of aliphatic hydroxyl groups excluding tert-OH is 2. The summed E-state index contributed by atoms with van der Waals surface area (Å²) in [7, 11) is 0. The van der Waals surface area contributed by atoms with Gasteiger partial charge in [0.05, 0.1) is 18.8 Å².